The molecular formula is C14H14BrFN2O. The van der Waals surface area contributed by atoms with E-state index in [4.69, 9.17) is 0 Å². The number of halogens is 2. The minimum atomic E-state index is -0.365. The molecule has 1 aromatic carbocycles. The van der Waals surface area contributed by atoms with Gasteiger partial charge in [0.05, 0.1) is 5.69 Å². The van der Waals surface area contributed by atoms with Crippen molar-refractivity contribution < 1.29 is 9.18 Å². The summed E-state index contributed by atoms with van der Waals surface area (Å²) in [5.41, 5.74) is 1.71. The van der Waals surface area contributed by atoms with Crippen molar-refractivity contribution in [1.82, 2.24) is 9.78 Å². The molecule has 0 N–H and O–H groups in total. The van der Waals surface area contributed by atoms with Crippen LogP contribution in [0.2, 0.25) is 0 Å². The van der Waals surface area contributed by atoms with Crippen LogP contribution in [0.5, 0.6) is 0 Å². The van der Waals surface area contributed by atoms with Crippen LogP contribution in [0.4, 0.5) is 4.39 Å². The van der Waals surface area contributed by atoms with Crippen LogP contribution in [0.1, 0.15) is 28.7 Å². The summed E-state index contributed by atoms with van der Waals surface area (Å²) >= 11 is 3.28. The van der Waals surface area contributed by atoms with Gasteiger partial charge in [-0.25, -0.2) is 4.39 Å². The van der Waals surface area contributed by atoms with E-state index in [2.05, 4.69) is 21.0 Å². The number of benzene rings is 1. The van der Waals surface area contributed by atoms with Crippen LogP contribution in [0.25, 0.3) is 0 Å². The first-order valence-corrected chi connectivity index (χ1v) is 6.82. The van der Waals surface area contributed by atoms with E-state index < -0.39 is 0 Å². The highest BCUT2D eigenvalue weighted by atomic mass is 79.9. The second kappa shape index (κ2) is 5.65. The largest absolute Gasteiger partial charge is 0.292 e. The van der Waals surface area contributed by atoms with Crippen molar-refractivity contribution >= 4 is 21.7 Å². The quantitative estimate of drug-likeness (QED) is 0.806. The molecule has 0 bridgehead atoms. The van der Waals surface area contributed by atoms with Crippen molar-refractivity contribution in [3.8, 4) is 0 Å². The Balaban J connectivity index is 2.27. The Morgan fingerprint density at radius 1 is 1.42 bits per heavy atom. The summed E-state index contributed by atoms with van der Waals surface area (Å²) in [4.78, 5) is 12.2. The van der Waals surface area contributed by atoms with Crippen LogP contribution in [0, 0.1) is 12.7 Å². The van der Waals surface area contributed by atoms with Crippen LogP contribution in [-0.4, -0.2) is 15.6 Å². The molecule has 0 aliphatic carbocycles. The molecule has 0 saturated carbocycles. The Hall–Kier alpha value is -1.49. The average Bonchev–Trinajstić information content (AvgIpc) is 2.75. The lowest BCUT2D eigenvalue weighted by Gasteiger charge is -2.05. The van der Waals surface area contributed by atoms with Crippen molar-refractivity contribution in [3.05, 3.63) is 51.5 Å². The van der Waals surface area contributed by atoms with E-state index in [1.54, 1.807) is 22.9 Å². The van der Waals surface area contributed by atoms with Crippen molar-refractivity contribution in [3.63, 3.8) is 0 Å². The predicted octanol–water partition coefficient (Wildman–Crippen LogP) is 3.54. The molecule has 5 heteroatoms. The summed E-state index contributed by atoms with van der Waals surface area (Å²) in [6.07, 6.45) is 0.0381. The molecule has 0 radical (unpaired) electrons. The minimum Gasteiger partial charge on any atom is -0.292 e. The maximum atomic E-state index is 13.6. The van der Waals surface area contributed by atoms with E-state index in [0.29, 0.717) is 17.8 Å². The summed E-state index contributed by atoms with van der Waals surface area (Å²) in [6, 6.07) is 6.34. The van der Waals surface area contributed by atoms with E-state index in [1.165, 1.54) is 6.07 Å². The Labute approximate surface area is 119 Å². The van der Waals surface area contributed by atoms with Gasteiger partial charge in [0.25, 0.3) is 0 Å². The van der Waals surface area contributed by atoms with E-state index in [1.807, 2.05) is 13.8 Å². The van der Waals surface area contributed by atoms with Gasteiger partial charge in [-0.3, -0.25) is 9.48 Å². The third-order valence-corrected chi connectivity index (χ3v) is 3.34. The van der Waals surface area contributed by atoms with Gasteiger partial charge in [-0.05, 0) is 43.7 Å². The van der Waals surface area contributed by atoms with Gasteiger partial charge in [-0.1, -0.05) is 15.9 Å². The van der Waals surface area contributed by atoms with E-state index in [0.717, 1.165) is 10.2 Å². The normalized spacial score (nSPS) is 10.7. The minimum absolute atomic E-state index is 0.0381. The number of rotatable bonds is 4. The van der Waals surface area contributed by atoms with Crippen LogP contribution in [0.3, 0.4) is 0 Å². The van der Waals surface area contributed by atoms with Gasteiger partial charge in [0.2, 0.25) is 0 Å². The topological polar surface area (TPSA) is 34.9 Å². The number of carbonyl (C=O) groups excluding carboxylic acids is 1. The number of nitrogens with zero attached hydrogens (tertiary/aromatic N) is 2. The molecule has 0 atom stereocenters. The molecule has 0 aliphatic rings. The summed E-state index contributed by atoms with van der Waals surface area (Å²) in [6.45, 7) is 4.38. The molecule has 19 heavy (non-hydrogen) atoms. The Kier molecular flexibility index (Phi) is 4.14. The number of aryl methyl sites for hydroxylation is 2. The van der Waals surface area contributed by atoms with Crippen molar-refractivity contribution in [2.24, 2.45) is 0 Å². The van der Waals surface area contributed by atoms with Crippen molar-refractivity contribution in [2.75, 3.05) is 0 Å². The van der Waals surface area contributed by atoms with E-state index >= 15 is 0 Å². The number of hydrogen-bond acceptors (Lipinski definition) is 2. The number of carbonyl (C=O) groups is 1. The predicted molar refractivity (Wildman–Crippen MR) is 74.8 cm³/mol. The number of hydrogen-bond donors (Lipinski definition) is 0. The summed E-state index contributed by atoms with van der Waals surface area (Å²) < 4.78 is 16.0. The zero-order chi connectivity index (χ0) is 14.0. The lowest BCUT2D eigenvalue weighted by molar-refractivity contribution is 0.0981. The smallest absolute Gasteiger partial charge is 0.185 e. The second-order valence-electron chi connectivity index (χ2n) is 4.32. The van der Waals surface area contributed by atoms with Crippen LogP contribution < -0.4 is 0 Å². The zero-order valence-electron chi connectivity index (χ0n) is 10.8. The third-order valence-electron chi connectivity index (χ3n) is 2.85. The third kappa shape index (κ3) is 3.10. The molecule has 2 rings (SSSR count). The van der Waals surface area contributed by atoms with E-state index in [9.17, 15) is 9.18 Å². The fraction of sp³-hybridized carbons (Fsp3) is 0.286. The van der Waals surface area contributed by atoms with Gasteiger partial charge >= 0.3 is 0 Å². The highest BCUT2D eigenvalue weighted by Crippen LogP contribution is 2.18. The molecule has 0 spiro atoms. The zero-order valence-corrected chi connectivity index (χ0v) is 12.4. The molecule has 3 nitrogen and oxygen atoms in total. The number of aromatic nitrogens is 2. The Bertz CT molecular complexity index is 622. The molecule has 0 aliphatic heterocycles. The molecule has 0 amide bonds. The first kappa shape index (κ1) is 13.9. The van der Waals surface area contributed by atoms with Gasteiger partial charge in [0.15, 0.2) is 5.78 Å². The fourth-order valence-corrected chi connectivity index (χ4v) is 2.36. The Morgan fingerprint density at radius 2 is 2.16 bits per heavy atom. The average molecular weight is 325 g/mol. The standard InChI is InChI=1S/C14H14BrFN2O/c1-3-18-13(6-9(2)17-18)14(19)8-10-7-11(15)4-5-12(10)16/h4-7H,3,8H2,1-2H3. The molecule has 100 valence electrons. The molecule has 2 aromatic rings. The molecule has 0 unspecified atom stereocenters. The molecule has 0 fully saturated rings. The maximum absolute atomic E-state index is 13.6. The monoisotopic (exact) mass is 324 g/mol. The highest BCUT2D eigenvalue weighted by Gasteiger charge is 2.15. The molecule has 0 saturated heterocycles. The van der Waals surface area contributed by atoms with E-state index in [-0.39, 0.29) is 18.0 Å². The molecule has 1 aromatic heterocycles. The van der Waals surface area contributed by atoms with Gasteiger partial charge in [0.1, 0.15) is 11.5 Å². The second-order valence-corrected chi connectivity index (χ2v) is 5.24. The first-order chi connectivity index (χ1) is 9.01. The highest BCUT2D eigenvalue weighted by molar-refractivity contribution is 9.10. The number of ketones is 1. The molecular weight excluding hydrogens is 311 g/mol. The summed E-state index contributed by atoms with van der Waals surface area (Å²) in [5.74, 6) is -0.490. The first-order valence-electron chi connectivity index (χ1n) is 6.03. The van der Waals surface area contributed by atoms with Gasteiger partial charge in [-0.15, -0.1) is 0 Å². The lowest BCUT2D eigenvalue weighted by atomic mass is 10.1. The SMILES string of the molecule is CCn1nc(C)cc1C(=O)Cc1cc(Br)ccc1F. The van der Waals surface area contributed by atoms with Crippen LogP contribution >= 0.6 is 15.9 Å². The number of Topliss-reactive ketones (excluding diaryl/α,β-unsaturated/α-hetero) is 1. The van der Waals surface area contributed by atoms with Crippen LogP contribution in [-0.2, 0) is 13.0 Å². The van der Waals surface area contributed by atoms with Gasteiger partial charge in [0, 0.05) is 17.4 Å². The van der Waals surface area contributed by atoms with Crippen LogP contribution in [0.15, 0.2) is 28.7 Å². The summed E-state index contributed by atoms with van der Waals surface area (Å²) in [5, 5.41) is 4.22. The van der Waals surface area contributed by atoms with Gasteiger partial charge in [-0.2, -0.15) is 5.10 Å². The lowest BCUT2D eigenvalue weighted by Crippen LogP contribution is -2.12. The maximum Gasteiger partial charge on any atom is 0.185 e. The van der Waals surface area contributed by atoms with Gasteiger partial charge < -0.3 is 0 Å². The van der Waals surface area contributed by atoms with Crippen molar-refractivity contribution in [1.29, 1.82) is 0 Å². The summed E-state index contributed by atoms with van der Waals surface area (Å²) in [7, 11) is 0. The van der Waals surface area contributed by atoms with Crippen molar-refractivity contribution in [2.45, 2.75) is 26.8 Å². The fourth-order valence-electron chi connectivity index (χ4n) is 1.95. The molecule has 1 heterocycles. The Morgan fingerprint density at radius 3 is 2.84 bits per heavy atom.